The number of nitrogens with zero attached hydrogens (tertiary/aromatic N) is 1. The highest BCUT2D eigenvalue weighted by Crippen LogP contribution is 2.21. The summed E-state index contributed by atoms with van der Waals surface area (Å²) in [4.78, 5) is 12.3. The first-order chi connectivity index (χ1) is 12.7. The van der Waals surface area contributed by atoms with E-state index in [1.54, 1.807) is 6.07 Å². The predicted octanol–water partition coefficient (Wildman–Crippen LogP) is 4.79. The minimum absolute atomic E-state index is 0.234. The molecule has 1 heterocycles. The highest BCUT2D eigenvalue weighted by molar-refractivity contribution is 5.93. The van der Waals surface area contributed by atoms with E-state index in [0.717, 1.165) is 30.4 Å². The second-order valence-electron chi connectivity index (χ2n) is 6.38. The fourth-order valence-corrected chi connectivity index (χ4v) is 2.81. The van der Waals surface area contributed by atoms with Gasteiger partial charge in [0.25, 0.3) is 5.91 Å². The molecule has 2 aromatic carbocycles. The molecule has 3 aromatic rings. The van der Waals surface area contributed by atoms with Crippen molar-refractivity contribution in [3.8, 4) is 11.3 Å². The molecule has 4 heteroatoms. The van der Waals surface area contributed by atoms with Crippen LogP contribution in [-0.2, 0) is 19.4 Å². The lowest BCUT2D eigenvalue weighted by Gasteiger charge is -2.04. The summed E-state index contributed by atoms with van der Waals surface area (Å²) < 4.78 is 5.33. The monoisotopic (exact) mass is 348 g/mol. The fraction of sp³-hybridized carbons (Fsp3) is 0.273. The first kappa shape index (κ1) is 17.9. The molecule has 0 saturated heterocycles. The predicted molar refractivity (Wildman–Crippen MR) is 103 cm³/mol. The first-order valence-corrected chi connectivity index (χ1v) is 9.11. The van der Waals surface area contributed by atoms with Gasteiger partial charge in [-0.3, -0.25) is 4.79 Å². The quantitative estimate of drug-likeness (QED) is 0.668. The normalized spacial score (nSPS) is 10.7. The number of carbonyl (C=O) groups excluding carboxylic acids is 1. The van der Waals surface area contributed by atoms with Crippen molar-refractivity contribution < 1.29 is 9.32 Å². The van der Waals surface area contributed by atoms with Gasteiger partial charge in [0.1, 0.15) is 0 Å². The number of aromatic nitrogens is 1. The molecular weight excluding hydrogens is 324 g/mol. The van der Waals surface area contributed by atoms with Gasteiger partial charge in [0.15, 0.2) is 11.5 Å². The zero-order valence-corrected chi connectivity index (χ0v) is 15.3. The molecule has 26 heavy (non-hydrogen) atoms. The van der Waals surface area contributed by atoms with Crippen LogP contribution in [0.15, 0.2) is 59.1 Å². The van der Waals surface area contributed by atoms with Crippen LogP contribution < -0.4 is 5.32 Å². The molecule has 0 unspecified atom stereocenters. The van der Waals surface area contributed by atoms with Crippen molar-refractivity contribution in [2.45, 2.75) is 39.7 Å². The molecule has 3 rings (SSSR count). The van der Waals surface area contributed by atoms with Crippen LogP contribution in [0.4, 0.5) is 0 Å². The first-order valence-electron chi connectivity index (χ1n) is 9.11. The lowest BCUT2D eigenvalue weighted by atomic mass is 10.1. The number of carbonyl (C=O) groups is 1. The summed E-state index contributed by atoms with van der Waals surface area (Å²) in [6.07, 6.45) is 3.20. The number of hydrogen-bond donors (Lipinski definition) is 1. The standard InChI is InChI=1S/C22H24N2O2/c1-3-5-17-6-8-18(9-7-17)15-23-22(25)20-14-21(26-24-20)19-12-10-16(4-2)11-13-19/h6-14H,3-5,15H2,1-2H3,(H,23,25). The summed E-state index contributed by atoms with van der Waals surface area (Å²) >= 11 is 0. The van der Waals surface area contributed by atoms with Gasteiger partial charge in [0, 0.05) is 18.2 Å². The number of rotatable bonds is 7. The largest absolute Gasteiger partial charge is 0.355 e. The minimum Gasteiger partial charge on any atom is -0.355 e. The number of hydrogen-bond acceptors (Lipinski definition) is 3. The van der Waals surface area contributed by atoms with Crippen LogP contribution in [0.1, 0.15) is 47.4 Å². The molecule has 1 aromatic heterocycles. The highest BCUT2D eigenvalue weighted by Gasteiger charge is 2.13. The summed E-state index contributed by atoms with van der Waals surface area (Å²) in [5.74, 6) is 0.365. The van der Waals surface area contributed by atoms with Gasteiger partial charge in [-0.1, -0.05) is 74.0 Å². The molecule has 0 bridgehead atoms. The molecule has 0 aliphatic rings. The molecule has 0 fully saturated rings. The maximum atomic E-state index is 12.3. The van der Waals surface area contributed by atoms with E-state index in [4.69, 9.17) is 4.52 Å². The van der Waals surface area contributed by atoms with E-state index in [-0.39, 0.29) is 5.91 Å². The second kappa shape index (κ2) is 8.48. The number of amides is 1. The Morgan fingerprint density at radius 1 is 0.962 bits per heavy atom. The van der Waals surface area contributed by atoms with Crippen molar-refractivity contribution in [3.63, 3.8) is 0 Å². The third-order valence-corrected chi connectivity index (χ3v) is 4.40. The van der Waals surface area contributed by atoms with E-state index in [9.17, 15) is 4.79 Å². The van der Waals surface area contributed by atoms with E-state index in [2.05, 4.69) is 60.7 Å². The number of benzene rings is 2. The van der Waals surface area contributed by atoms with Crippen LogP contribution in [0.5, 0.6) is 0 Å². The van der Waals surface area contributed by atoms with Crippen molar-refractivity contribution in [3.05, 3.63) is 77.0 Å². The van der Waals surface area contributed by atoms with Crippen LogP contribution in [-0.4, -0.2) is 11.1 Å². The molecule has 1 amide bonds. The van der Waals surface area contributed by atoms with E-state index in [1.165, 1.54) is 11.1 Å². The maximum Gasteiger partial charge on any atom is 0.273 e. The Balaban J connectivity index is 1.60. The molecule has 0 aliphatic heterocycles. The van der Waals surface area contributed by atoms with Gasteiger partial charge >= 0.3 is 0 Å². The lowest BCUT2D eigenvalue weighted by molar-refractivity contribution is 0.0942. The molecule has 0 aliphatic carbocycles. The van der Waals surface area contributed by atoms with Crippen LogP contribution >= 0.6 is 0 Å². The molecule has 4 nitrogen and oxygen atoms in total. The zero-order chi connectivity index (χ0) is 18.4. The smallest absolute Gasteiger partial charge is 0.273 e. The minimum atomic E-state index is -0.234. The van der Waals surface area contributed by atoms with Crippen LogP contribution in [0.25, 0.3) is 11.3 Å². The molecule has 0 radical (unpaired) electrons. The summed E-state index contributed by atoms with van der Waals surface area (Å²) in [5.41, 5.74) is 4.86. The third-order valence-electron chi connectivity index (χ3n) is 4.40. The average Bonchev–Trinajstić information content (AvgIpc) is 3.18. The van der Waals surface area contributed by atoms with E-state index in [1.807, 2.05) is 12.1 Å². The summed E-state index contributed by atoms with van der Waals surface area (Å²) in [5, 5.41) is 6.79. The zero-order valence-electron chi connectivity index (χ0n) is 15.3. The molecule has 0 saturated carbocycles. The Labute approximate surface area is 154 Å². The summed E-state index contributed by atoms with van der Waals surface area (Å²) in [6.45, 7) is 4.75. The fourth-order valence-electron chi connectivity index (χ4n) is 2.81. The Morgan fingerprint density at radius 3 is 2.27 bits per heavy atom. The van der Waals surface area contributed by atoms with Gasteiger partial charge in [-0.05, 0) is 29.5 Å². The molecular formula is C22H24N2O2. The van der Waals surface area contributed by atoms with Crippen LogP contribution in [0.2, 0.25) is 0 Å². The number of nitrogens with one attached hydrogen (secondary N) is 1. The van der Waals surface area contributed by atoms with E-state index < -0.39 is 0 Å². The van der Waals surface area contributed by atoms with Crippen molar-refractivity contribution in [2.24, 2.45) is 0 Å². The van der Waals surface area contributed by atoms with Crippen LogP contribution in [0.3, 0.4) is 0 Å². The SMILES string of the molecule is CCCc1ccc(CNC(=O)c2cc(-c3ccc(CC)cc3)on2)cc1. The van der Waals surface area contributed by atoms with Crippen molar-refractivity contribution in [2.75, 3.05) is 0 Å². The summed E-state index contributed by atoms with van der Waals surface area (Å²) in [6, 6.07) is 18.1. The molecule has 0 spiro atoms. The molecule has 0 atom stereocenters. The van der Waals surface area contributed by atoms with Gasteiger partial charge in [-0.2, -0.15) is 0 Å². The van der Waals surface area contributed by atoms with Crippen molar-refractivity contribution in [1.82, 2.24) is 10.5 Å². The third kappa shape index (κ3) is 4.39. The molecule has 1 N–H and O–H groups in total. The van der Waals surface area contributed by atoms with Gasteiger partial charge in [-0.25, -0.2) is 0 Å². The van der Waals surface area contributed by atoms with E-state index >= 15 is 0 Å². The Hall–Kier alpha value is -2.88. The van der Waals surface area contributed by atoms with Gasteiger partial charge in [-0.15, -0.1) is 0 Å². The maximum absolute atomic E-state index is 12.3. The highest BCUT2D eigenvalue weighted by atomic mass is 16.5. The topological polar surface area (TPSA) is 55.1 Å². The van der Waals surface area contributed by atoms with Crippen molar-refractivity contribution >= 4 is 5.91 Å². The Bertz CT molecular complexity index is 849. The van der Waals surface area contributed by atoms with Gasteiger partial charge in [0.2, 0.25) is 0 Å². The average molecular weight is 348 g/mol. The number of aryl methyl sites for hydroxylation is 2. The van der Waals surface area contributed by atoms with Crippen LogP contribution in [0, 0.1) is 0 Å². The van der Waals surface area contributed by atoms with Gasteiger partial charge in [0.05, 0.1) is 0 Å². The van der Waals surface area contributed by atoms with E-state index in [0.29, 0.717) is 18.0 Å². The Kier molecular flexibility index (Phi) is 5.84. The Morgan fingerprint density at radius 2 is 1.62 bits per heavy atom. The summed E-state index contributed by atoms with van der Waals surface area (Å²) in [7, 11) is 0. The van der Waals surface area contributed by atoms with Gasteiger partial charge < -0.3 is 9.84 Å². The molecule has 134 valence electrons. The lowest BCUT2D eigenvalue weighted by Crippen LogP contribution is -2.23. The second-order valence-corrected chi connectivity index (χ2v) is 6.38. The van der Waals surface area contributed by atoms with Crippen molar-refractivity contribution in [1.29, 1.82) is 0 Å².